The molecule has 3 aromatic rings. The lowest BCUT2D eigenvalue weighted by atomic mass is 9.76. The van der Waals surface area contributed by atoms with Gasteiger partial charge in [-0.15, -0.1) is 11.3 Å². The van der Waals surface area contributed by atoms with Crippen molar-refractivity contribution in [2.45, 2.75) is 58.5 Å². The minimum absolute atomic E-state index is 0.00778. The van der Waals surface area contributed by atoms with Gasteiger partial charge in [-0.3, -0.25) is 0 Å². The van der Waals surface area contributed by atoms with E-state index in [-0.39, 0.29) is 6.04 Å². The number of fused-ring (bicyclic) bond motifs is 1. The van der Waals surface area contributed by atoms with E-state index in [4.69, 9.17) is 33.2 Å². The zero-order chi connectivity index (χ0) is 25.0. The molecule has 2 saturated heterocycles. The molecule has 0 bridgehead atoms. The van der Waals surface area contributed by atoms with Crippen LogP contribution < -0.4 is 10.2 Å². The fourth-order valence-corrected chi connectivity index (χ4v) is 7.83. The van der Waals surface area contributed by atoms with Crippen LogP contribution in [0, 0.1) is 24.7 Å². The number of halogens is 2. The van der Waals surface area contributed by atoms with Gasteiger partial charge in [0.15, 0.2) is 0 Å². The highest BCUT2D eigenvalue weighted by atomic mass is 35.5. The Morgan fingerprint density at radius 3 is 2.67 bits per heavy atom. The first-order valence-electron chi connectivity index (χ1n) is 13.3. The highest BCUT2D eigenvalue weighted by molar-refractivity contribution is 7.17. The predicted molar refractivity (Wildman–Crippen MR) is 153 cm³/mol. The van der Waals surface area contributed by atoms with Gasteiger partial charge in [-0.2, -0.15) is 4.98 Å². The van der Waals surface area contributed by atoms with Crippen molar-refractivity contribution in [2.24, 2.45) is 17.8 Å². The Bertz CT molecular complexity index is 1250. The maximum atomic E-state index is 6.51. The van der Waals surface area contributed by atoms with Crippen molar-refractivity contribution in [3.8, 4) is 0 Å². The van der Waals surface area contributed by atoms with Gasteiger partial charge >= 0.3 is 0 Å². The SMILES string of the molecule is Cc1csc2nc(N3CC([C@H]4CCCN(C5CC(C)C5)C4)C3)nc(N[C@H](C)c3ccc(Cl)cc3Cl)c12. The summed E-state index contributed by atoms with van der Waals surface area (Å²) in [4.78, 5) is 16.2. The van der Waals surface area contributed by atoms with Crippen LogP contribution in [-0.4, -0.2) is 47.1 Å². The van der Waals surface area contributed by atoms with Crippen molar-refractivity contribution in [1.82, 2.24) is 14.9 Å². The normalized spacial score (nSPS) is 26.0. The van der Waals surface area contributed by atoms with Crippen molar-refractivity contribution < 1.29 is 0 Å². The van der Waals surface area contributed by atoms with E-state index in [1.807, 2.05) is 12.1 Å². The molecule has 4 heterocycles. The summed E-state index contributed by atoms with van der Waals surface area (Å²) < 4.78 is 0. The van der Waals surface area contributed by atoms with Gasteiger partial charge in [0.1, 0.15) is 10.6 Å². The van der Waals surface area contributed by atoms with Gasteiger partial charge in [0.25, 0.3) is 0 Å². The zero-order valence-corrected chi connectivity index (χ0v) is 23.6. The zero-order valence-electron chi connectivity index (χ0n) is 21.3. The summed E-state index contributed by atoms with van der Waals surface area (Å²) in [5.41, 5.74) is 2.21. The molecular weight excluding hydrogens is 509 g/mol. The number of piperidine rings is 1. The van der Waals surface area contributed by atoms with E-state index in [1.165, 1.54) is 44.3 Å². The Morgan fingerprint density at radius 1 is 1.11 bits per heavy atom. The molecule has 3 aliphatic rings. The fraction of sp³-hybridized carbons (Fsp3) is 0.571. The third-order valence-corrected chi connectivity index (χ3v) is 10.2. The molecule has 3 fully saturated rings. The predicted octanol–water partition coefficient (Wildman–Crippen LogP) is 7.43. The second kappa shape index (κ2) is 9.94. The lowest BCUT2D eigenvalue weighted by Gasteiger charge is -2.50. The third-order valence-electron chi connectivity index (χ3n) is 8.60. The Labute approximate surface area is 228 Å². The van der Waals surface area contributed by atoms with E-state index in [0.717, 1.165) is 64.4 Å². The largest absolute Gasteiger partial charge is 0.363 e. The van der Waals surface area contributed by atoms with Gasteiger partial charge in [-0.05, 0) is 92.5 Å². The smallest absolute Gasteiger partial charge is 0.228 e. The summed E-state index contributed by atoms with van der Waals surface area (Å²) in [5, 5.41) is 8.23. The van der Waals surface area contributed by atoms with E-state index in [0.29, 0.717) is 10.0 Å². The van der Waals surface area contributed by atoms with Gasteiger partial charge in [0.05, 0.1) is 11.4 Å². The summed E-state index contributed by atoms with van der Waals surface area (Å²) in [6.07, 6.45) is 5.51. The first-order valence-corrected chi connectivity index (χ1v) is 15.0. The van der Waals surface area contributed by atoms with Gasteiger partial charge in [0.2, 0.25) is 5.95 Å². The van der Waals surface area contributed by atoms with Crippen LogP contribution in [0.15, 0.2) is 23.6 Å². The molecule has 36 heavy (non-hydrogen) atoms. The number of aromatic nitrogens is 2. The first-order chi connectivity index (χ1) is 17.4. The molecule has 6 rings (SSSR count). The molecule has 0 radical (unpaired) electrons. The average molecular weight is 545 g/mol. The minimum atomic E-state index is -0.00778. The maximum Gasteiger partial charge on any atom is 0.228 e. The number of nitrogens with zero attached hydrogens (tertiary/aromatic N) is 4. The molecule has 1 aliphatic carbocycles. The average Bonchev–Trinajstić information content (AvgIpc) is 3.17. The molecule has 0 spiro atoms. The molecule has 192 valence electrons. The van der Waals surface area contributed by atoms with Gasteiger partial charge in [0, 0.05) is 35.7 Å². The van der Waals surface area contributed by atoms with E-state index >= 15 is 0 Å². The number of hydrogen-bond donors (Lipinski definition) is 1. The van der Waals surface area contributed by atoms with Crippen LogP contribution in [0.2, 0.25) is 10.0 Å². The number of benzene rings is 1. The van der Waals surface area contributed by atoms with Crippen molar-refractivity contribution in [3.63, 3.8) is 0 Å². The fourth-order valence-electron chi connectivity index (χ4n) is 6.34. The summed E-state index contributed by atoms with van der Waals surface area (Å²) in [7, 11) is 0. The van der Waals surface area contributed by atoms with Gasteiger partial charge in [-0.25, -0.2) is 4.98 Å². The monoisotopic (exact) mass is 543 g/mol. The van der Waals surface area contributed by atoms with E-state index in [2.05, 4.69) is 41.3 Å². The van der Waals surface area contributed by atoms with Crippen LogP contribution in [0.5, 0.6) is 0 Å². The van der Waals surface area contributed by atoms with Gasteiger partial charge in [-0.1, -0.05) is 36.2 Å². The lowest BCUT2D eigenvalue weighted by molar-refractivity contribution is 0.0294. The second-order valence-electron chi connectivity index (χ2n) is 11.3. The van der Waals surface area contributed by atoms with Crippen molar-refractivity contribution in [1.29, 1.82) is 0 Å². The second-order valence-corrected chi connectivity index (χ2v) is 13.0. The molecule has 2 atom stereocenters. The summed E-state index contributed by atoms with van der Waals surface area (Å²) in [6, 6.07) is 6.50. The van der Waals surface area contributed by atoms with Crippen molar-refractivity contribution in [3.05, 3.63) is 44.8 Å². The molecule has 0 unspecified atom stereocenters. The quantitative estimate of drug-likeness (QED) is 0.350. The number of likely N-dealkylation sites (tertiary alicyclic amines) is 1. The Hall–Kier alpha value is -1.60. The standard InChI is InChI=1S/C28H35Cl2N5S/c1-16-9-22(10-16)34-8-4-5-19(12-34)20-13-35(14-20)28-32-26(25-17(2)15-36-27(25)33-28)31-18(3)23-7-6-21(29)11-24(23)30/h6-7,11,15-16,18-20,22H,4-5,8-10,12-14H2,1-3H3,(H,31,32,33)/t16?,18-,19+,22?/m1/s1. The summed E-state index contributed by atoms with van der Waals surface area (Å²) in [5.74, 6) is 4.21. The molecule has 1 N–H and O–H groups in total. The Balaban J connectivity index is 1.17. The number of nitrogens with one attached hydrogen (secondary N) is 1. The van der Waals surface area contributed by atoms with E-state index < -0.39 is 0 Å². The van der Waals surface area contributed by atoms with Crippen LogP contribution in [0.4, 0.5) is 11.8 Å². The number of rotatable bonds is 6. The molecule has 1 saturated carbocycles. The molecule has 1 aromatic carbocycles. The number of aryl methyl sites for hydroxylation is 1. The number of anilines is 2. The van der Waals surface area contributed by atoms with Crippen LogP contribution in [-0.2, 0) is 0 Å². The van der Waals surface area contributed by atoms with E-state index in [9.17, 15) is 0 Å². The van der Waals surface area contributed by atoms with Gasteiger partial charge < -0.3 is 15.1 Å². The van der Waals surface area contributed by atoms with Crippen LogP contribution in [0.3, 0.4) is 0 Å². The highest BCUT2D eigenvalue weighted by Crippen LogP contribution is 2.40. The molecule has 5 nitrogen and oxygen atoms in total. The Kier molecular flexibility index (Phi) is 6.82. The van der Waals surface area contributed by atoms with E-state index in [1.54, 1.807) is 17.4 Å². The first kappa shape index (κ1) is 24.7. The topological polar surface area (TPSA) is 44.3 Å². The van der Waals surface area contributed by atoms with Crippen LogP contribution in [0.1, 0.15) is 56.7 Å². The summed E-state index contributed by atoms with van der Waals surface area (Å²) >= 11 is 14.3. The van der Waals surface area contributed by atoms with Crippen LogP contribution in [0.25, 0.3) is 10.2 Å². The maximum absolute atomic E-state index is 6.51. The molecule has 0 amide bonds. The number of hydrogen-bond acceptors (Lipinski definition) is 6. The van der Waals surface area contributed by atoms with Crippen molar-refractivity contribution in [2.75, 3.05) is 36.4 Å². The minimum Gasteiger partial charge on any atom is -0.363 e. The lowest BCUT2D eigenvalue weighted by Crippen LogP contribution is -2.56. The molecular formula is C28H35Cl2N5S. The highest BCUT2D eigenvalue weighted by Gasteiger charge is 2.40. The Morgan fingerprint density at radius 2 is 1.92 bits per heavy atom. The molecule has 8 heteroatoms. The van der Waals surface area contributed by atoms with Crippen molar-refractivity contribution >= 4 is 56.5 Å². The molecule has 2 aliphatic heterocycles. The number of thiophene rings is 1. The molecule has 2 aromatic heterocycles. The summed E-state index contributed by atoms with van der Waals surface area (Å²) in [6.45, 7) is 11.3. The third kappa shape index (κ3) is 4.70. The van der Waals surface area contributed by atoms with Crippen LogP contribution >= 0.6 is 34.5 Å².